The Kier molecular flexibility index (Phi) is 6.08. The van der Waals surface area contributed by atoms with Crippen molar-refractivity contribution in [2.45, 2.75) is 50.2 Å². The van der Waals surface area contributed by atoms with Crippen LogP contribution in [0.25, 0.3) is 0 Å². The van der Waals surface area contributed by atoms with Crippen LogP contribution in [0.2, 0.25) is 0 Å². The zero-order chi connectivity index (χ0) is 27.3. The van der Waals surface area contributed by atoms with Crippen LogP contribution < -0.4 is 14.8 Å². The van der Waals surface area contributed by atoms with Crippen LogP contribution in [0.3, 0.4) is 0 Å². The van der Waals surface area contributed by atoms with Gasteiger partial charge in [-0.2, -0.15) is 0 Å². The van der Waals surface area contributed by atoms with Crippen molar-refractivity contribution >= 4 is 17.7 Å². The van der Waals surface area contributed by atoms with Crippen molar-refractivity contribution in [2.75, 3.05) is 19.7 Å². The molecule has 3 amide bonds. The molecule has 204 valence electrons. The molecule has 2 fully saturated rings. The number of rotatable bonds is 5. The van der Waals surface area contributed by atoms with Crippen LogP contribution in [-0.2, 0) is 28.1 Å². The fraction of sp³-hybridized carbons (Fsp3) is 0.344. The van der Waals surface area contributed by atoms with Gasteiger partial charge in [0.2, 0.25) is 11.8 Å². The highest BCUT2D eigenvalue weighted by atomic mass is 16.5. The number of para-hydroxylation sites is 1. The van der Waals surface area contributed by atoms with E-state index >= 15 is 0 Å². The highest BCUT2D eigenvalue weighted by Gasteiger charge is 2.47. The van der Waals surface area contributed by atoms with Crippen LogP contribution in [0.15, 0.2) is 66.7 Å². The van der Waals surface area contributed by atoms with E-state index in [0.717, 1.165) is 55.3 Å². The number of carbonyl (C=O) groups excluding carboxylic acids is 3. The number of amides is 3. The summed E-state index contributed by atoms with van der Waals surface area (Å²) in [5.41, 5.74) is 3.82. The Balaban J connectivity index is 1.03. The van der Waals surface area contributed by atoms with Crippen molar-refractivity contribution in [3.63, 3.8) is 0 Å². The lowest BCUT2D eigenvalue weighted by Gasteiger charge is -2.38. The number of imide groups is 1. The molecule has 3 aromatic carbocycles. The van der Waals surface area contributed by atoms with Crippen LogP contribution in [0, 0.1) is 0 Å². The van der Waals surface area contributed by atoms with Crippen LogP contribution in [0.4, 0.5) is 0 Å². The number of hydrogen-bond donors (Lipinski definition) is 1. The van der Waals surface area contributed by atoms with Gasteiger partial charge in [0.25, 0.3) is 5.91 Å². The first-order valence-corrected chi connectivity index (χ1v) is 14.0. The predicted octanol–water partition coefficient (Wildman–Crippen LogP) is 4.17. The van der Waals surface area contributed by atoms with Gasteiger partial charge in [0, 0.05) is 35.1 Å². The van der Waals surface area contributed by atoms with Crippen molar-refractivity contribution in [3.8, 4) is 17.2 Å². The van der Waals surface area contributed by atoms with Crippen molar-refractivity contribution < 1.29 is 23.9 Å². The quantitative estimate of drug-likeness (QED) is 0.492. The van der Waals surface area contributed by atoms with E-state index in [1.165, 1.54) is 11.1 Å². The lowest BCUT2D eigenvalue weighted by molar-refractivity contribution is -0.136. The monoisotopic (exact) mass is 537 g/mol. The van der Waals surface area contributed by atoms with E-state index in [9.17, 15) is 14.4 Å². The van der Waals surface area contributed by atoms with E-state index in [1.54, 1.807) is 4.90 Å². The third-order valence-electron chi connectivity index (χ3n) is 8.83. The summed E-state index contributed by atoms with van der Waals surface area (Å²) < 4.78 is 12.3. The van der Waals surface area contributed by atoms with Crippen LogP contribution in [-0.4, -0.2) is 53.3 Å². The summed E-state index contributed by atoms with van der Waals surface area (Å²) in [5.74, 6) is 1.65. The summed E-state index contributed by atoms with van der Waals surface area (Å²) in [6, 6.07) is 21.4. The fourth-order valence-corrected chi connectivity index (χ4v) is 6.63. The summed E-state index contributed by atoms with van der Waals surface area (Å²) in [6.07, 6.45) is 2.55. The second-order valence-corrected chi connectivity index (χ2v) is 11.3. The topological polar surface area (TPSA) is 88.2 Å². The molecule has 1 N–H and O–H groups in total. The molecular formula is C32H31N3O5. The van der Waals surface area contributed by atoms with Gasteiger partial charge in [0.15, 0.2) is 0 Å². The molecule has 1 spiro atoms. The molecule has 4 aliphatic rings. The van der Waals surface area contributed by atoms with E-state index in [1.807, 2.05) is 48.5 Å². The molecule has 8 heteroatoms. The van der Waals surface area contributed by atoms with Crippen molar-refractivity contribution in [3.05, 3.63) is 89.0 Å². The van der Waals surface area contributed by atoms with Gasteiger partial charge < -0.3 is 14.4 Å². The first kappa shape index (κ1) is 24.8. The van der Waals surface area contributed by atoms with Gasteiger partial charge in [-0.3, -0.25) is 24.6 Å². The Hall–Kier alpha value is -4.17. The van der Waals surface area contributed by atoms with E-state index < -0.39 is 11.9 Å². The standard InChI is InChI=1S/C32H31N3O5/c36-28-12-11-27(30(37)33-28)35-19-25-24(31(35)38)9-10-26-29(25)39-20-32(26)13-15-34(16-14-32)18-21-5-4-8-23(17-21)40-22-6-2-1-3-7-22/h1-10,17,27H,11-16,18-20H2,(H,33,36,37). The zero-order valence-corrected chi connectivity index (χ0v) is 22.2. The van der Waals surface area contributed by atoms with Gasteiger partial charge in [-0.15, -0.1) is 0 Å². The van der Waals surface area contributed by atoms with Crippen molar-refractivity contribution in [1.82, 2.24) is 15.1 Å². The first-order valence-electron chi connectivity index (χ1n) is 14.0. The smallest absolute Gasteiger partial charge is 0.255 e. The van der Waals surface area contributed by atoms with Gasteiger partial charge >= 0.3 is 0 Å². The first-order chi connectivity index (χ1) is 19.5. The second kappa shape index (κ2) is 9.78. The Morgan fingerprint density at radius 3 is 2.55 bits per heavy atom. The highest BCUT2D eigenvalue weighted by Crippen LogP contribution is 2.49. The summed E-state index contributed by atoms with van der Waals surface area (Å²) in [5, 5.41) is 2.37. The molecule has 4 heterocycles. The van der Waals surface area contributed by atoms with Gasteiger partial charge in [-0.1, -0.05) is 36.4 Å². The molecule has 1 unspecified atom stereocenters. The Morgan fingerprint density at radius 1 is 0.950 bits per heavy atom. The van der Waals surface area contributed by atoms with E-state index in [4.69, 9.17) is 9.47 Å². The van der Waals surface area contributed by atoms with Gasteiger partial charge in [-0.05, 0) is 68.2 Å². The molecule has 4 aliphatic heterocycles. The normalized spacial score (nSPS) is 21.6. The Bertz CT molecular complexity index is 1500. The number of likely N-dealkylation sites (tertiary alicyclic amines) is 1. The van der Waals surface area contributed by atoms with Gasteiger partial charge in [0.1, 0.15) is 23.3 Å². The number of piperidine rings is 2. The number of ether oxygens (including phenoxy) is 2. The van der Waals surface area contributed by atoms with Crippen LogP contribution in [0.5, 0.6) is 17.2 Å². The van der Waals surface area contributed by atoms with Crippen molar-refractivity contribution in [1.29, 1.82) is 0 Å². The maximum Gasteiger partial charge on any atom is 0.255 e. The molecule has 2 saturated heterocycles. The zero-order valence-electron chi connectivity index (χ0n) is 22.2. The minimum atomic E-state index is -0.622. The maximum absolute atomic E-state index is 13.2. The van der Waals surface area contributed by atoms with Crippen LogP contribution >= 0.6 is 0 Å². The molecule has 0 saturated carbocycles. The van der Waals surface area contributed by atoms with E-state index in [2.05, 4.69) is 28.4 Å². The average molecular weight is 538 g/mol. The third kappa shape index (κ3) is 4.32. The number of nitrogens with one attached hydrogen (secondary N) is 1. The molecule has 40 heavy (non-hydrogen) atoms. The largest absolute Gasteiger partial charge is 0.492 e. The van der Waals surface area contributed by atoms with Gasteiger partial charge in [0.05, 0.1) is 13.2 Å². The number of nitrogens with zero attached hydrogens (tertiary/aromatic N) is 2. The SMILES string of the molecule is O=C1CCC(N2Cc3c(ccc4c3OCC43CCN(Cc4cccc(Oc5ccccc5)c4)CC3)C2=O)C(=O)N1. The molecule has 0 radical (unpaired) electrons. The lowest BCUT2D eigenvalue weighted by atomic mass is 9.74. The summed E-state index contributed by atoms with van der Waals surface area (Å²) in [4.78, 5) is 41.4. The van der Waals surface area contributed by atoms with Crippen LogP contribution in [0.1, 0.15) is 52.7 Å². The summed E-state index contributed by atoms with van der Waals surface area (Å²) in [7, 11) is 0. The Morgan fingerprint density at radius 2 is 1.75 bits per heavy atom. The van der Waals surface area contributed by atoms with Crippen molar-refractivity contribution in [2.24, 2.45) is 0 Å². The average Bonchev–Trinajstić information content (AvgIpc) is 3.49. The number of carbonyl (C=O) groups is 3. The van der Waals surface area contributed by atoms with E-state index in [0.29, 0.717) is 25.1 Å². The highest BCUT2D eigenvalue weighted by molar-refractivity contribution is 6.05. The molecule has 7 rings (SSSR count). The minimum absolute atomic E-state index is 0.0652. The summed E-state index contributed by atoms with van der Waals surface area (Å²) in [6.45, 7) is 3.71. The molecule has 0 aliphatic carbocycles. The second-order valence-electron chi connectivity index (χ2n) is 11.3. The Labute approximate surface area is 232 Å². The molecule has 0 bridgehead atoms. The number of hydrogen-bond acceptors (Lipinski definition) is 6. The third-order valence-corrected chi connectivity index (χ3v) is 8.83. The summed E-state index contributed by atoms with van der Waals surface area (Å²) >= 11 is 0. The number of fused-ring (bicyclic) bond motifs is 4. The molecule has 0 aromatic heterocycles. The van der Waals surface area contributed by atoms with Gasteiger partial charge in [-0.25, -0.2) is 0 Å². The predicted molar refractivity (Wildman–Crippen MR) is 147 cm³/mol. The minimum Gasteiger partial charge on any atom is -0.492 e. The maximum atomic E-state index is 13.2. The molecule has 8 nitrogen and oxygen atoms in total. The molecule has 3 aromatic rings. The molecular weight excluding hydrogens is 506 g/mol. The lowest BCUT2D eigenvalue weighted by Crippen LogP contribution is -2.52. The fourth-order valence-electron chi connectivity index (χ4n) is 6.63. The van der Waals surface area contributed by atoms with E-state index in [-0.39, 0.29) is 23.7 Å². The number of benzene rings is 3. The molecule has 1 atom stereocenters.